The van der Waals surface area contributed by atoms with Crippen molar-refractivity contribution < 1.29 is 18.0 Å². The summed E-state index contributed by atoms with van der Waals surface area (Å²) in [5.74, 6) is -0.304. The van der Waals surface area contributed by atoms with Crippen LogP contribution < -0.4 is 9.62 Å². The summed E-state index contributed by atoms with van der Waals surface area (Å²) in [5.41, 5.74) is 2.48. The van der Waals surface area contributed by atoms with Crippen molar-refractivity contribution in [2.24, 2.45) is 0 Å². The molecule has 0 unspecified atom stereocenters. The van der Waals surface area contributed by atoms with Gasteiger partial charge >= 0.3 is 0 Å². The van der Waals surface area contributed by atoms with Crippen molar-refractivity contribution in [2.75, 3.05) is 17.1 Å². The summed E-state index contributed by atoms with van der Waals surface area (Å²) in [6.45, 7) is 4.31. The third-order valence-electron chi connectivity index (χ3n) is 7.08. The summed E-state index contributed by atoms with van der Waals surface area (Å²) in [6, 6.07) is 14.1. The van der Waals surface area contributed by atoms with Crippen LogP contribution in [0.15, 0.2) is 48.5 Å². The zero-order valence-electron chi connectivity index (χ0n) is 22.7. The van der Waals surface area contributed by atoms with Crippen molar-refractivity contribution in [1.82, 2.24) is 10.2 Å². The number of halogens is 1. The number of hydrogen-bond acceptors (Lipinski definition) is 4. The Morgan fingerprint density at radius 2 is 1.66 bits per heavy atom. The summed E-state index contributed by atoms with van der Waals surface area (Å²) in [7, 11) is -3.52. The van der Waals surface area contributed by atoms with E-state index in [9.17, 15) is 18.0 Å². The van der Waals surface area contributed by atoms with E-state index in [1.165, 1.54) is 17.0 Å². The van der Waals surface area contributed by atoms with E-state index in [-0.39, 0.29) is 37.4 Å². The van der Waals surface area contributed by atoms with Gasteiger partial charge in [-0.15, -0.1) is 0 Å². The van der Waals surface area contributed by atoms with Crippen molar-refractivity contribution >= 4 is 39.1 Å². The monoisotopic (exact) mass is 561 g/mol. The highest BCUT2D eigenvalue weighted by Crippen LogP contribution is 2.22. The lowest BCUT2D eigenvalue weighted by molar-refractivity contribution is -0.141. The minimum absolute atomic E-state index is 0.124. The smallest absolute Gasteiger partial charge is 0.243 e. The van der Waals surface area contributed by atoms with E-state index < -0.39 is 16.1 Å². The molecule has 9 heteroatoms. The molecule has 38 heavy (non-hydrogen) atoms. The molecule has 0 bridgehead atoms. The molecule has 1 fully saturated rings. The molecule has 2 aromatic carbocycles. The second-order valence-corrected chi connectivity index (χ2v) is 12.5. The first-order valence-electron chi connectivity index (χ1n) is 13.5. The molecule has 0 aromatic heterocycles. The molecule has 1 aliphatic rings. The second-order valence-electron chi connectivity index (χ2n) is 10.2. The van der Waals surface area contributed by atoms with E-state index in [0.29, 0.717) is 23.6 Å². The van der Waals surface area contributed by atoms with Crippen LogP contribution in [-0.4, -0.2) is 50.0 Å². The molecule has 0 aliphatic heterocycles. The SMILES string of the molecule is CC[C@H](C(=O)NC1CCCCC1)N(Cc1ccc(Cl)cc1)C(=O)CCCN(c1ccc(C)cc1)S(C)(=O)=O. The van der Waals surface area contributed by atoms with Crippen LogP contribution >= 0.6 is 11.6 Å². The van der Waals surface area contributed by atoms with E-state index in [4.69, 9.17) is 11.6 Å². The summed E-state index contributed by atoms with van der Waals surface area (Å²) in [4.78, 5) is 28.6. The quantitative estimate of drug-likeness (QED) is 0.373. The first-order valence-corrected chi connectivity index (χ1v) is 15.7. The number of rotatable bonds is 12. The van der Waals surface area contributed by atoms with Crippen LogP contribution in [0.3, 0.4) is 0 Å². The Bertz CT molecular complexity index is 1160. The molecule has 2 amide bonds. The largest absolute Gasteiger partial charge is 0.352 e. The number of benzene rings is 2. The van der Waals surface area contributed by atoms with Gasteiger partial charge in [0, 0.05) is 30.6 Å². The normalized spacial score (nSPS) is 15.1. The van der Waals surface area contributed by atoms with E-state index in [1.807, 2.05) is 38.1 Å². The topological polar surface area (TPSA) is 86.8 Å². The van der Waals surface area contributed by atoms with Gasteiger partial charge < -0.3 is 10.2 Å². The minimum atomic E-state index is -3.52. The van der Waals surface area contributed by atoms with E-state index in [2.05, 4.69) is 5.32 Å². The Balaban J connectivity index is 1.74. The summed E-state index contributed by atoms with van der Waals surface area (Å²) in [6.07, 6.45) is 7.44. The lowest BCUT2D eigenvalue weighted by Gasteiger charge is -2.33. The van der Waals surface area contributed by atoms with E-state index >= 15 is 0 Å². The molecule has 0 spiro atoms. The van der Waals surface area contributed by atoms with Gasteiger partial charge in [0.1, 0.15) is 6.04 Å². The molecule has 208 valence electrons. The molecule has 7 nitrogen and oxygen atoms in total. The molecule has 1 saturated carbocycles. The van der Waals surface area contributed by atoms with Gasteiger partial charge in [0.05, 0.1) is 11.9 Å². The van der Waals surface area contributed by atoms with Crippen molar-refractivity contribution in [2.45, 2.75) is 83.8 Å². The number of sulfonamides is 1. The van der Waals surface area contributed by atoms with Gasteiger partial charge in [-0.3, -0.25) is 13.9 Å². The van der Waals surface area contributed by atoms with Gasteiger partial charge in [-0.05, 0) is 62.4 Å². The number of amides is 2. The number of nitrogens with zero attached hydrogens (tertiary/aromatic N) is 2. The molecule has 1 atom stereocenters. The number of carbonyl (C=O) groups is 2. The maximum absolute atomic E-state index is 13.6. The van der Waals surface area contributed by atoms with Crippen LogP contribution in [0.5, 0.6) is 0 Å². The number of nitrogens with one attached hydrogen (secondary N) is 1. The molecular weight excluding hydrogens is 522 g/mol. The minimum Gasteiger partial charge on any atom is -0.352 e. The zero-order chi connectivity index (χ0) is 27.7. The molecule has 1 N–H and O–H groups in total. The first kappa shape index (κ1) is 30.0. The highest BCUT2D eigenvalue weighted by atomic mass is 35.5. The van der Waals surface area contributed by atoms with Crippen LogP contribution in [0, 0.1) is 6.92 Å². The fourth-order valence-electron chi connectivity index (χ4n) is 4.97. The lowest BCUT2D eigenvalue weighted by atomic mass is 9.95. The van der Waals surface area contributed by atoms with Gasteiger partial charge in [-0.25, -0.2) is 8.42 Å². The van der Waals surface area contributed by atoms with Gasteiger partial charge in [0.2, 0.25) is 21.8 Å². The Hall–Kier alpha value is -2.58. The number of carbonyl (C=O) groups excluding carboxylic acids is 2. The third-order valence-corrected chi connectivity index (χ3v) is 8.52. The maximum atomic E-state index is 13.6. The maximum Gasteiger partial charge on any atom is 0.243 e. The lowest BCUT2D eigenvalue weighted by Crippen LogP contribution is -2.51. The molecule has 0 saturated heterocycles. The summed E-state index contributed by atoms with van der Waals surface area (Å²) >= 11 is 6.06. The fourth-order valence-corrected chi connectivity index (χ4v) is 6.06. The predicted octanol–water partition coefficient (Wildman–Crippen LogP) is 5.45. The Morgan fingerprint density at radius 3 is 2.24 bits per heavy atom. The van der Waals surface area contributed by atoms with Gasteiger partial charge in [0.25, 0.3) is 0 Å². The van der Waals surface area contributed by atoms with Crippen LogP contribution in [-0.2, 0) is 26.2 Å². The predicted molar refractivity (Wildman–Crippen MR) is 154 cm³/mol. The van der Waals surface area contributed by atoms with Crippen molar-refractivity contribution in [3.05, 3.63) is 64.7 Å². The Morgan fingerprint density at radius 1 is 1.03 bits per heavy atom. The summed E-state index contributed by atoms with van der Waals surface area (Å²) < 4.78 is 26.3. The first-order chi connectivity index (χ1) is 18.1. The molecule has 0 radical (unpaired) electrons. The Kier molecular flexibility index (Phi) is 11.0. The van der Waals surface area contributed by atoms with Crippen LogP contribution in [0.2, 0.25) is 5.02 Å². The zero-order valence-corrected chi connectivity index (χ0v) is 24.2. The molecular formula is C29H40ClN3O4S. The highest BCUT2D eigenvalue weighted by Gasteiger charge is 2.30. The van der Waals surface area contributed by atoms with Crippen LogP contribution in [0.4, 0.5) is 5.69 Å². The molecule has 1 aliphatic carbocycles. The van der Waals surface area contributed by atoms with Gasteiger partial charge in [0.15, 0.2) is 0 Å². The summed E-state index contributed by atoms with van der Waals surface area (Å²) in [5, 5.41) is 3.78. The van der Waals surface area contributed by atoms with Crippen LogP contribution in [0.25, 0.3) is 0 Å². The van der Waals surface area contributed by atoms with Crippen molar-refractivity contribution in [3.8, 4) is 0 Å². The average Bonchev–Trinajstić information content (AvgIpc) is 2.88. The van der Waals surface area contributed by atoms with Crippen LogP contribution in [0.1, 0.15) is 69.4 Å². The molecule has 2 aromatic rings. The van der Waals surface area contributed by atoms with E-state index in [1.54, 1.807) is 29.2 Å². The van der Waals surface area contributed by atoms with Crippen molar-refractivity contribution in [1.29, 1.82) is 0 Å². The van der Waals surface area contributed by atoms with Gasteiger partial charge in [-0.1, -0.05) is 67.6 Å². The second kappa shape index (κ2) is 14.0. The fraction of sp³-hybridized carbons (Fsp3) is 0.517. The number of aryl methyl sites for hydroxylation is 1. The van der Waals surface area contributed by atoms with Crippen molar-refractivity contribution in [3.63, 3.8) is 0 Å². The average molecular weight is 562 g/mol. The molecule has 0 heterocycles. The third kappa shape index (κ3) is 8.73. The molecule has 3 rings (SSSR count). The van der Waals surface area contributed by atoms with Gasteiger partial charge in [-0.2, -0.15) is 0 Å². The van der Waals surface area contributed by atoms with E-state index in [0.717, 1.165) is 36.8 Å². The highest BCUT2D eigenvalue weighted by molar-refractivity contribution is 7.92. The Labute approximate surface area is 232 Å². The number of anilines is 1. The number of hydrogen-bond donors (Lipinski definition) is 1. The standard InChI is InChI=1S/C29H40ClN3O4S/c1-4-27(29(35)31-25-9-6-5-7-10-25)32(21-23-14-16-24(30)17-15-23)28(34)11-8-20-33(38(3,36)37)26-18-12-22(2)13-19-26/h12-19,25,27H,4-11,20-21H2,1-3H3,(H,31,35)/t27-/m1/s1.